The lowest BCUT2D eigenvalue weighted by atomic mass is 9.85. The number of nitrogens with one attached hydrogen (secondary N) is 2. The fourth-order valence-corrected chi connectivity index (χ4v) is 4.31. The molecule has 4 rings (SSSR count). The zero-order valence-electron chi connectivity index (χ0n) is 19.0. The first kappa shape index (κ1) is 23.5. The van der Waals surface area contributed by atoms with Crippen LogP contribution >= 0.6 is 0 Å². The monoisotopic (exact) mass is 466 g/mol. The number of nitriles is 1. The first-order valence-corrected chi connectivity index (χ1v) is 11.2. The van der Waals surface area contributed by atoms with E-state index in [9.17, 15) is 9.59 Å². The molecule has 2 aliphatic heterocycles. The van der Waals surface area contributed by atoms with Crippen LogP contribution in [-0.2, 0) is 10.4 Å². The molecule has 2 N–H and O–H groups in total. The highest BCUT2D eigenvalue weighted by Gasteiger charge is 2.37. The van der Waals surface area contributed by atoms with E-state index in [0.29, 0.717) is 41.3 Å². The normalized spacial score (nSPS) is 19.2. The molecule has 9 heteroatoms. The fourth-order valence-electron chi connectivity index (χ4n) is 4.31. The lowest BCUT2D eigenvalue weighted by Crippen LogP contribution is -2.43. The van der Waals surface area contributed by atoms with Crippen molar-refractivity contribution in [2.75, 3.05) is 38.7 Å². The summed E-state index contributed by atoms with van der Waals surface area (Å²) in [6.07, 6.45) is 1.08. The second-order valence-electron chi connectivity index (χ2n) is 8.52. The van der Waals surface area contributed by atoms with Crippen molar-refractivity contribution in [3.8, 4) is 11.8 Å². The topological polar surface area (TPSA) is 104 Å². The van der Waals surface area contributed by atoms with Gasteiger partial charge in [-0.1, -0.05) is 12.1 Å². The molecule has 2 aromatic carbocycles. The van der Waals surface area contributed by atoms with Gasteiger partial charge in [-0.3, -0.25) is 4.79 Å². The standard InChI is InChI=1S/C25H27FN4O4/c1-33-22-7-4-18(14-21(22)29-24(32)28-20-8-13-34-16-20)23(31)30-11-9-25(26,10-12-30)19-5-2-17(15-27)3-6-19/h2-7,14,20H,8-13,16H2,1H3,(H2,28,29,32). The van der Waals surface area contributed by atoms with Crippen LogP contribution < -0.4 is 15.4 Å². The van der Waals surface area contributed by atoms with Gasteiger partial charge in [-0.25, -0.2) is 9.18 Å². The Morgan fingerprint density at radius 1 is 1.21 bits per heavy atom. The van der Waals surface area contributed by atoms with Gasteiger partial charge < -0.3 is 25.0 Å². The molecular formula is C25H27FN4O4. The van der Waals surface area contributed by atoms with Crippen molar-refractivity contribution in [3.63, 3.8) is 0 Å². The van der Waals surface area contributed by atoms with Crippen molar-refractivity contribution in [1.82, 2.24) is 10.2 Å². The number of carbonyl (C=O) groups is 2. The summed E-state index contributed by atoms with van der Waals surface area (Å²) >= 11 is 0. The summed E-state index contributed by atoms with van der Waals surface area (Å²) in [6, 6.07) is 12.9. The van der Waals surface area contributed by atoms with Gasteiger partial charge in [0.25, 0.3) is 5.91 Å². The van der Waals surface area contributed by atoms with Gasteiger partial charge in [-0.05, 0) is 42.3 Å². The Morgan fingerprint density at radius 3 is 2.56 bits per heavy atom. The van der Waals surface area contributed by atoms with Crippen LogP contribution in [0.25, 0.3) is 0 Å². The van der Waals surface area contributed by atoms with Gasteiger partial charge in [0.05, 0.1) is 37.1 Å². The van der Waals surface area contributed by atoms with Gasteiger partial charge >= 0.3 is 6.03 Å². The molecular weight excluding hydrogens is 439 g/mol. The Kier molecular flexibility index (Phi) is 6.98. The van der Waals surface area contributed by atoms with Gasteiger partial charge in [0.1, 0.15) is 11.4 Å². The second-order valence-corrected chi connectivity index (χ2v) is 8.52. The Bertz CT molecular complexity index is 1090. The fraction of sp³-hybridized carbons (Fsp3) is 0.400. The third-order valence-corrected chi connectivity index (χ3v) is 6.33. The first-order valence-electron chi connectivity index (χ1n) is 11.2. The maximum absolute atomic E-state index is 15.6. The maximum Gasteiger partial charge on any atom is 0.319 e. The first-order chi connectivity index (χ1) is 16.4. The second kappa shape index (κ2) is 10.1. The number of rotatable bonds is 5. The minimum atomic E-state index is -1.54. The van der Waals surface area contributed by atoms with E-state index in [1.54, 1.807) is 47.4 Å². The van der Waals surface area contributed by atoms with Crippen LogP contribution in [0.4, 0.5) is 14.9 Å². The number of hydrogen-bond donors (Lipinski definition) is 2. The molecule has 0 aromatic heterocycles. The summed E-state index contributed by atoms with van der Waals surface area (Å²) in [4.78, 5) is 27.1. The molecule has 3 amide bonds. The van der Waals surface area contributed by atoms with Crippen LogP contribution in [0.2, 0.25) is 0 Å². The van der Waals surface area contributed by atoms with Gasteiger partial charge in [0.15, 0.2) is 0 Å². The highest BCUT2D eigenvalue weighted by molar-refractivity contribution is 5.98. The van der Waals surface area contributed by atoms with E-state index in [1.807, 2.05) is 6.07 Å². The maximum atomic E-state index is 15.6. The molecule has 2 heterocycles. The molecule has 34 heavy (non-hydrogen) atoms. The number of methoxy groups -OCH3 is 1. The number of anilines is 1. The SMILES string of the molecule is COc1ccc(C(=O)N2CCC(F)(c3ccc(C#N)cc3)CC2)cc1NC(=O)NC1CCOC1. The molecule has 1 unspecified atom stereocenters. The van der Waals surface area contributed by atoms with E-state index >= 15 is 4.39 Å². The highest BCUT2D eigenvalue weighted by Crippen LogP contribution is 2.37. The zero-order valence-corrected chi connectivity index (χ0v) is 19.0. The van der Waals surface area contributed by atoms with Gasteiger partial charge in [0.2, 0.25) is 0 Å². The number of carbonyl (C=O) groups excluding carboxylic acids is 2. The number of ether oxygens (including phenoxy) is 2. The van der Waals surface area contributed by atoms with Gasteiger partial charge in [-0.15, -0.1) is 0 Å². The van der Waals surface area contributed by atoms with Gasteiger partial charge in [-0.2, -0.15) is 5.26 Å². The van der Waals surface area contributed by atoms with Crippen LogP contribution in [-0.4, -0.2) is 56.3 Å². The van der Waals surface area contributed by atoms with E-state index in [4.69, 9.17) is 14.7 Å². The van der Waals surface area contributed by atoms with Crippen LogP contribution in [0.5, 0.6) is 5.75 Å². The summed E-state index contributed by atoms with van der Waals surface area (Å²) in [7, 11) is 1.49. The summed E-state index contributed by atoms with van der Waals surface area (Å²) in [5, 5.41) is 14.5. The van der Waals surface area contributed by atoms with Crippen molar-refractivity contribution in [3.05, 3.63) is 59.2 Å². The van der Waals surface area contributed by atoms with E-state index < -0.39 is 11.7 Å². The number of alkyl halides is 1. The largest absolute Gasteiger partial charge is 0.495 e. The number of likely N-dealkylation sites (tertiary alicyclic amines) is 1. The van der Waals surface area contributed by atoms with E-state index in [-0.39, 0.29) is 37.9 Å². The summed E-state index contributed by atoms with van der Waals surface area (Å²) in [5.41, 5.74) is 0.214. The zero-order chi connectivity index (χ0) is 24.1. The van der Waals surface area contributed by atoms with Crippen molar-refractivity contribution in [2.45, 2.75) is 31.0 Å². The van der Waals surface area contributed by atoms with Crippen LogP contribution in [0.1, 0.15) is 40.7 Å². The summed E-state index contributed by atoms with van der Waals surface area (Å²) in [6.45, 7) is 1.59. The number of nitrogens with zero attached hydrogens (tertiary/aromatic N) is 2. The van der Waals surface area contributed by atoms with Crippen LogP contribution in [0, 0.1) is 11.3 Å². The number of piperidine rings is 1. The molecule has 0 aliphatic carbocycles. The van der Waals surface area contributed by atoms with E-state index in [2.05, 4.69) is 10.6 Å². The number of benzene rings is 2. The molecule has 1 atom stereocenters. The third-order valence-electron chi connectivity index (χ3n) is 6.33. The smallest absolute Gasteiger partial charge is 0.319 e. The van der Waals surface area contributed by atoms with Crippen molar-refractivity contribution >= 4 is 17.6 Å². The molecule has 0 radical (unpaired) electrons. The Labute approximate surface area is 197 Å². The predicted molar refractivity (Wildman–Crippen MR) is 123 cm³/mol. The third kappa shape index (κ3) is 5.13. The molecule has 0 saturated carbocycles. The molecule has 2 saturated heterocycles. The molecule has 2 aromatic rings. The van der Waals surface area contributed by atoms with Gasteiger partial charge in [0, 0.05) is 38.1 Å². The molecule has 2 aliphatic rings. The number of hydrogen-bond acceptors (Lipinski definition) is 5. The number of halogens is 1. The Hall–Kier alpha value is -3.64. The summed E-state index contributed by atoms with van der Waals surface area (Å²) in [5.74, 6) is 0.189. The number of amides is 3. The highest BCUT2D eigenvalue weighted by atomic mass is 19.1. The molecule has 0 bridgehead atoms. The van der Waals surface area contributed by atoms with E-state index in [0.717, 1.165) is 6.42 Å². The minimum Gasteiger partial charge on any atom is -0.495 e. The minimum absolute atomic E-state index is 0.0544. The average Bonchev–Trinajstić information content (AvgIpc) is 3.37. The lowest BCUT2D eigenvalue weighted by molar-refractivity contribution is 0.0421. The van der Waals surface area contributed by atoms with Crippen molar-refractivity contribution in [1.29, 1.82) is 5.26 Å². The summed E-state index contributed by atoms with van der Waals surface area (Å²) < 4.78 is 26.1. The number of urea groups is 1. The van der Waals surface area contributed by atoms with Crippen LogP contribution in [0.3, 0.4) is 0 Å². The molecule has 2 fully saturated rings. The lowest BCUT2D eigenvalue weighted by Gasteiger charge is -2.37. The average molecular weight is 467 g/mol. The van der Waals surface area contributed by atoms with Crippen molar-refractivity contribution < 1.29 is 23.5 Å². The molecule has 178 valence electrons. The Morgan fingerprint density at radius 2 is 1.94 bits per heavy atom. The van der Waals surface area contributed by atoms with E-state index in [1.165, 1.54) is 7.11 Å². The Balaban J connectivity index is 1.42. The molecule has 8 nitrogen and oxygen atoms in total. The van der Waals surface area contributed by atoms with Crippen molar-refractivity contribution in [2.24, 2.45) is 0 Å². The quantitative estimate of drug-likeness (QED) is 0.701. The molecule has 0 spiro atoms. The predicted octanol–water partition coefficient (Wildman–Crippen LogP) is 3.58. The van der Waals surface area contributed by atoms with Crippen LogP contribution in [0.15, 0.2) is 42.5 Å².